The van der Waals surface area contributed by atoms with E-state index in [2.05, 4.69) is 10.2 Å². The molecule has 0 spiro atoms. The lowest BCUT2D eigenvalue weighted by atomic mass is 10.3. The van der Waals surface area contributed by atoms with Crippen LogP contribution in [0.1, 0.15) is 18.5 Å². The Morgan fingerprint density at radius 2 is 2.14 bits per heavy atom. The molecule has 1 aliphatic rings. The topological polar surface area (TPSA) is 75.1 Å². The van der Waals surface area contributed by atoms with Gasteiger partial charge in [-0.05, 0) is 19.8 Å². The molecule has 1 N–H and O–H groups in total. The van der Waals surface area contributed by atoms with E-state index in [0.717, 1.165) is 25.9 Å². The van der Waals surface area contributed by atoms with Crippen molar-refractivity contribution in [2.75, 3.05) is 18.0 Å². The van der Waals surface area contributed by atoms with Crippen molar-refractivity contribution in [2.45, 2.75) is 19.8 Å². The van der Waals surface area contributed by atoms with Crippen molar-refractivity contribution in [2.24, 2.45) is 0 Å². The summed E-state index contributed by atoms with van der Waals surface area (Å²) >= 11 is 0. The SMILES string of the molecule is Cc1[nH]nc(N2CCCC2)c1[N+](=O)[O-]. The van der Waals surface area contributed by atoms with Crippen LogP contribution in [0.25, 0.3) is 0 Å². The summed E-state index contributed by atoms with van der Waals surface area (Å²) in [6.07, 6.45) is 2.17. The van der Waals surface area contributed by atoms with Gasteiger partial charge in [-0.15, -0.1) is 5.10 Å². The fourth-order valence-corrected chi connectivity index (χ4v) is 1.78. The fraction of sp³-hybridized carbons (Fsp3) is 0.625. The third kappa shape index (κ3) is 1.32. The van der Waals surface area contributed by atoms with Gasteiger partial charge in [0.2, 0.25) is 5.82 Å². The summed E-state index contributed by atoms with van der Waals surface area (Å²) in [6, 6.07) is 0. The molecule has 0 bridgehead atoms. The number of nitro groups is 1. The molecule has 0 aliphatic carbocycles. The third-order valence-corrected chi connectivity index (χ3v) is 2.48. The molecule has 0 amide bonds. The zero-order valence-corrected chi connectivity index (χ0v) is 7.99. The maximum atomic E-state index is 10.8. The average molecular weight is 196 g/mol. The third-order valence-electron chi connectivity index (χ3n) is 2.48. The molecule has 1 aliphatic heterocycles. The quantitative estimate of drug-likeness (QED) is 0.570. The Labute approximate surface area is 81.1 Å². The van der Waals surface area contributed by atoms with Gasteiger partial charge in [0.05, 0.1) is 4.92 Å². The van der Waals surface area contributed by atoms with Crippen LogP contribution in [-0.2, 0) is 0 Å². The Balaban J connectivity index is 2.37. The van der Waals surface area contributed by atoms with Gasteiger partial charge in [-0.1, -0.05) is 0 Å². The normalized spacial score (nSPS) is 16.2. The second kappa shape index (κ2) is 3.28. The van der Waals surface area contributed by atoms with Crippen LogP contribution in [0.15, 0.2) is 0 Å². The summed E-state index contributed by atoms with van der Waals surface area (Å²) in [4.78, 5) is 12.4. The Bertz CT molecular complexity index is 354. The Morgan fingerprint density at radius 3 is 2.71 bits per heavy atom. The van der Waals surface area contributed by atoms with Crippen molar-refractivity contribution < 1.29 is 4.92 Å². The summed E-state index contributed by atoms with van der Waals surface area (Å²) in [7, 11) is 0. The van der Waals surface area contributed by atoms with Crippen LogP contribution in [0.5, 0.6) is 0 Å². The van der Waals surface area contributed by atoms with Gasteiger partial charge in [0.25, 0.3) is 0 Å². The van der Waals surface area contributed by atoms with E-state index < -0.39 is 0 Å². The smallest absolute Gasteiger partial charge is 0.333 e. The van der Waals surface area contributed by atoms with E-state index >= 15 is 0 Å². The minimum atomic E-state index is -0.369. The number of H-pyrrole nitrogens is 1. The minimum Gasteiger partial charge on any atom is -0.349 e. The molecule has 1 saturated heterocycles. The Hall–Kier alpha value is -1.59. The summed E-state index contributed by atoms with van der Waals surface area (Å²) in [5.41, 5.74) is 0.642. The molecule has 0 radical (unpaired) electrons. The number of aromatic amines is 1. The first-order valence-corrected chi connectivity index (χ1v) is 4.64. The van der Waals surface area contributed by atoms with Gasteiger partial charge in [-0.3, -0.25) is 15.2 Å². The van der Waals surface area contributed by atoms with Gasteiger partial charge in [0.15, 0.2) is 0 Å². The van der Waals surface area contributed by atoms with Crippen molar-refractivity contribution in [3.05, 3.63) is 15.8 Å². The van der Waals surface area contributed by atoms with E-state index in [-0.39, 0.29) is 10.6 Å². The number of rotatable bonds is 2. The highest BCUT2D eigenvalue weighted by Gasteiger charge is 2.27. The van der Waals surface area contributed by atoms with E-state index in [0.29, 0.717) is 11.5 Å². The van der Waals surface area contributed by atoms with Crippen molar-refractivity contribution >= 4 is 11.5 Å². The first kappa shape index (κ1) is 8.98. The molecule has 6 nitrogen and oxygen atoms in total. The van der Waals surface area contributed by atoms with Gasteiger partial charge in [-0.25, -0.2) is 0 Å². The maximum absolute atomic E-state index is 10.8. The van der Waals surface area contributed by atoms with Crippen LogP contribution in [0.3, 0.4) is 0 Å². The van der Waals surface area contributed by atoms with Crippen LogP contribution >= 0.6 is 0 Å². The lowest BCUT2D eigenvalue weighted by Crippen LogP contribution is -2.19. The molecule has 1 fully saturated rings. The Morgan fingerprint density at radius 1 is 1.50 bits per heavy atom. The number of anilines is 1. The van der Waals surface area contributed by atoms with Crippen molar-refractivity contribution in [1.29, 1.82) is 0 Å². The maximum Gasteiger partial charge on any atom is 0.333 e. The summed E-state index contributed by atoms with van der Waals surface area (Å²) in [6.45, 7) is 3.40. The zero-order valence-electron chi connectivity index (χ0n) is 7.99. The molecular weight excluding hydrogens is 184 g/mol. The molecular formula is C8H12N4O2. The van der Waals surface area contributed by atoms with E-state index in [1.165, 1.54) is 0 Å². The number of hydrogen-bond acceptors (Lipinski definition) is 4. The fourth-order valence-electron chi connectivity index (χ4n) is 1.78. The molecule has 0 atom stereocenters. The van der Waals surface area contributed by atoms with Crippen LogP contribution < -0.4 is 4.90 Å². The molecule has 6 heteroatoms. The van der Waals surface area contributed by atoms with E-state index in [9.17, 15) is 10.1 Å². The van der Waals surface area contributed by atoms with Crippen molar-refractivity contribution in [3.8, 4) is 0 Å². The molecule has 0 unspecified atom stereocenters. The summed E-state index contributed by atoms with van der Waals surface area (Å²) in [5, 5.41) is 17.4. The number of hydrogen-bond donors (Lipinski definition) is 1. The number of nitrogens with one attached hydrogen (secondary N) is 1. The second-order valence-corrected chi connectivity index (χ2v) is 3.47. The number of nitrogens with zero attached hydrogens (tertiary/aromatic N) is 3. The predicted octanol–water partition coefficient (Wildman–Crippen LogP) is 1.23. The Kier molecular flexibility index (Phi) is 2.11. The molecule has 0 aromatic carbocycles. The highest BCUT2D eigenvalue weighted by atomic mass is 16.6. The standard InChI is InChI=1S/C8H12N4O2/c1-6-7(12(13)14)8(10-9-6)11-4-2-3-5-11/h2-5H2,1H3,(H,9,10). The van der Waals surface area contributed by atoms with Crippen LogP contribution in [0, 0.1) is 17.0 Å². The number of aromatic nitrogens is 2. The van der Waals surface area contributed by atoms with Crippen LogP contribution in [0.4, 0.5) is 11.5 Å². The molecule has 1 aromatic heterocycles. The summed E-state index contributed by atoms with van der Waals surface area (Å²) in [5.74, 6) is 0.491. The molecule has 2 rings (SSSR count). The molecule has 0 saturated carbocycles. The monoisotopic (exact) mass is 196 g/mol. The minimum absolute atomic E-state index is 0.118. The van der Waals surface area contributed by atoms with Crippen molar-refractivity contribution in [1.82, 2.24) is 10.2 Å². The van der Waals surface area contributed by atoms with Gasteiger partial charge in [0.1, 0.15) is 5.69 Å². The average Bonchev–Trinajstić information content (AvgIpc) is 2.70. The zero-order chi connectivity index (χ0) is 10.1. The van der Waals surface area contributed by atoms with Gasteiger partial charge < -0.3 is 4.90 Å². The number of aryl methyl sites for hydroxylation is 1. The predicted molar refractivity (Wildman–Crippen MR) is 51.4 cm³/mol. The van der Waals surface area contributed by atoms with Crippen LogP contribution in [-0.4, -0.2) is 28.2 Å². The largest absolute Gasteiger partial charge is 0.349 e. The lowest BCUT2D eigenvalue weighted by Gasteiger charge is -2.12. The van der Waals surface area contributed by atoms with Gasteiger partial charge in [-0.2, -0.15) is 0 Å². The first-order valence-electron chi connectivity index (χ1n) is 4.64. The highest BCUT2D eigenvalue weighted by Crippen LogP contribution is 2.30. The van der Waals surface area contributed by atoms with E-state index in [1.807, 2.05) is 4.90 Å². The van der Waals surface area contributed by atoms with E-state index in [4.69, 9.17) is 0 Å². The summed E-state index contributed by atoms with van der Waals surface area (Å²) < 4.78 is 0. The lowest BCUT2D eigenvalue weighted by molar-refractivity contribution is -0.384. The van der Waals surface area contributed by atoms with Crippen LogP contribution in [0.2, 0.25) is 0 Å². The van der Waals surface area contributed by atoms with Gasteiger partial charge in [0, 0.05) is 13.1 Å². The molecule has 1 aromatic rings. The first-order chi connectivity index (χ1) is 6.70. The second-order valence-electron chi connectivity index (χ2n) is 3.47. The van der Waals surface area contributed by atoms with Gasteiger partial charge >= 0.3 is 5.69 Å². The highest BCUT2D eigenvalue weighted by molar-refractivity contribution is 5.60. The molecule has 76 valence electrons. The van der Waals surface area contributed by atoms with Crippen molar-refractivity contribution in [3.63, 3.8) is 0 Å². The molecule has 14 heavy (non-hydrogen) atoms. The molecule has 2 heterocycles. The van der Waals surface area contributed by atoms with E-state index in [1.54, 1.807) is 6.92 Å².